The van der Waals surface area contributed by atoms with Crippen molar-refractivity contribution in [2.24, 2.45) is 0 Å². The molecule has 3 heterocycles. The van der Waals surface area contributed by atoms with E-state index in [1.165, 1.54) is 27.7 Å². The summed E-state index contributed by atoms with van der Waals surface area (Å²) in [5.41, 5.74) is 5.00. The molecule has 5 rings (SSSR count). The maximum atomic E-state index is 5.90. The topological polar surface area (TPSA) is 32.6 Å². The molecule has 0 amide bonds. The molecule has 0 N–H and O–H groups in total. The van der Waals surface area contributed by atoms with Gasteiger partial charge in [0, 0.05) is 17.5 Å². The monoisotopic (exact) mass is 492 g/mol. The number of likely N-dealkylation sites (N-methyl/N-ethyl adjacent to an activating group) is 1. The van der Waals surface area contributed by atoms with Crippen molar-refractivity contribution >= 4 is 10.9 Å². The molecule has 2 aromatic carbocycles. The summed E-state index contributed by atoms with van der Waals surface area (Å²) in [6.45, 7) is 3.49. The highest BCUT2D eigenvalue weighted by molar-refractivity contribution is 5.81. The molecule has 1 atom stereocenters. The van der Waals surface area contributed by atoms with Crippen LogP contribution in [0.5, 0.6) is 17.2 Å². The summed E-state index contributed by atoms with van der Waals surface area (Å²) >= 11 is 0. The zero-order valence-electron chi connectivity index (χ0n) is 16.7. The molecule has 1 aromatic heterocycles. The third kappa shape index (κ3) is 2.69. The Kier molecular flexibility index (Phi) is 4.74. The van der Waals surface area contributed by atoms with Crippen LogP contribution in [0.15, 0.2) is 36.4 Å². The largest absolute Gasteiger partial charge is 1.00 e. The van der Waals surface area contributed by atoms with Crippen LogP contribution in [0, 0.1) is 6.92 Å². The first-order valence-corrected chi connectivity index (χ1v) is 9.40. The molecule has 3 aromatic rings. The first-order chi connectivity index (χ1) is 13.0. The molecule has 6 heteroatoms. The van der Waals surface area contributed by atoms with Gasteiger partial charge in [0.15, 0.2) is 17.7 Å². The Labute approximate surface area is 182 Å². The van der Waals surface area contributed by atoms with Gasteiger partial charge in [-0.05, 0) is 30.7 Å². The molecule has 0 bridgehead atoms. The van der Waals surface area contributed by atoms with Crippen molar-refractivity contribution in [2.75, 3.05) is 34.5 Å². The Hall–Kier alpha value is -1.93. The van der Waals surface area contributed by atoms with E-state index in [0.29, 0.717) is 0 Å². The number of ether oxygens (including phenoxy) is 3. The highest BCUT2D eigenvalue weighted by Crippen LogP contribution is 2.51. The van der Waals surface area contributed by atoms with Crippen LogP contribution in [0.4, 0.5) is 0 Å². The van der Waals surface area contributed by atoms with Crippen LogP contribution >= 0.6 is 0 Å². The minimum Gasteiger partial charge on any atom is -1.00 e. The summed E-state index contributed by atoms with van der Waals surface area (Å²) in [6.07, 6.45) is 1.10. The molecule has 0 aliphatic carbocycles. The molecule has 5 nitrogen and oxygen atoms in total. The van der Waals surface area contributed by atoms with Crippen molar-refractivity contribution in [3.8, 4) is 17.2 Å². The van der Waals surface area contributed by atoms with Crippen molar-refractivity contribution < 1.29 is 42.7 Å². The van der Waals surface area contributed by atoms with E-state index in [1.807, 2.05) is 0 Å². The number of aromatic nitrogens is 1. The van der Waals surface area contributed by atoms with Gasteiger partial charge in [0.2, 0.25) is 12.5 Å². The number of methoxy groups -OCH3 is 1. The summed E-state index contributed by atoms with van der Waals surface area (Å²) in [5, 5.41) is 1.27. The van der Waals surface area contributed by atoms with Crippen molar-refractivity contribution in [1.82, 2.24) is 4.57 Å². The third-order valence-corrected chi connectivity index (χ3v) is 6.01. The van der Waals surface area contributed by atoms with Crippen LogP contribution in [0.2, 0.25) is 0 Å². The van der Waals surface area contributed by atoms with Gasteiger partial charge in [0.1, 0.15) is 0 Å². The molecular weight excluding hydrogens is 467 g/mol. The van der Waals surface area contributed by atoms with Gasteiger partial charge >= 0.3 is 0 Å². The van der Waals surface area contributed by atoms with Crippen LogP contribution < -0.4 is 38.2 Å². The van der Waals surface area contributed by atoms with Gasteiger partial charge in [0.25, 0.3) is 0 Å². The van der Waals surface area contributed by atoms with Gasteiger partial charge in [0.05, 0.1) is 38.8 Å². The minimum absolute atomic E-state index is 0. The molecule has 148 valence electrons. The summed E-state index contributed by atoms with van der Waals surface area (Å²) in [4.78, 5) is 0. The lowest BCUT2D eigenvalue weighted by atomic mass is 9.93. The summed E-state index contributed by atoms with van der Waals surface area (Å²) in [5.74, 6) is 2.34. The third-order valence-electron chi connectivity index (χ3n) is 6.01. The zero-order chi connectivity index (χ0) is 18.8. The molecule has 0 saturated heterocycles. The van der Waals surface area contributed by atoms with Crippen LogP contribution in [0.3, 0.4) is 0 Å². The summed E-state index contributed by atoms with van der Waals surface area (Å²) < 4.78 is 20.6. The van der Waals surface area contributed by atoms with Crippen LogP contribution in [0.25, 0.3) is 10.9 Å². The maximum Gasteiger partial charge on any atom is 0.231 e. The lowest BCUT2D eigenvalue weighted by Gasteiger charge is -2.44. The second-order valence-corrected chi connectivity index (χ2v) is 8.06. The van der Waals surface area contributed by atoms with E-state index < -0.39 is 0 Å². The quantitative estimate of drug-likeness (QED) is 0.394. The number of benzene rings is 2. The van der Waals surface area contributed by atoms with Crippen molar-refractivity contribution in [3.63, 3.8) is 0 Å². The first-order valence-electron chi connectivity index (χ1n) is 9.40. The molecule has 28 heavy (non-hydrogen) atoms. The van der Waals surface area contributed by atoms with E-state index in [-0.39, 0.29) is 36.9 Å². The number of hydrogen-bond acceptors (Lipinski definition) is 3. The molecule has 0 spiro atoms. The lowest BCUT2D eigenvalue weighted by molar-refractivity contribution is -0.926. The Bertz CT molecular complexity index is 1060. The maximum absolute atomic E-state index is 5.90. The molecule has 0 radical (unpaired) electrons. The normalized spacial score (nSPS) is 19.2. The SMILES string of the molecule is COc1c2c(cc3c1C(n1c(C)cc4ccccc41)[N+](C)(C)CC3)OCO2.[I-]. The zero-order valence-corrected chi connectivity index (χ0v) is 18.8. The number of halogens is 1. The van der Waals surface area contributed by atoms with E-state index >= 15 is 0 Å². The van der Waals surface area contributed by atoms with Gasteiger partial charge in [-0.1, -0.05) is 18.2 Å². The van der Waals surface area contributed by atoms with E-state index in [0.717, 1.165) is 34.7 Å². The Balaban J connectivity index is 0.00000192. The van der Waals surface area contributed by atoms with Crippen LogP contribution in [-0.2, 0) is 6.42 Å². The van der Waals surface area contributed by atoms with E-state index in [2.05, 4.69) is 62.0 Å². The molecular formula is C22H25IN2O3. The number of aryl methyl sites for hydroxylation is 1. The Morgan fingerprint density at radius 3 is 2.71 bits per heavy atom. The number of hydrogen-bond donors (Lipinski definition) is 0. The highest BCUT2D eigenvalue weighted by Gasteiger charge is 2.43. The van der Waals surface area contributed by atoms with Gasteiger partial charge in [-0.15, -0.1) is 0 Å². The van der Waals surface area contributed by atoms with Crippen LogP contribution in [0.1, 0.15) is 23.0 Å². The average molecular weight is 492 g/mol. The highest BCUT2D eigenvalue weighted by atomic mass is 127. The smallest absolute Gasteiger partial charge is 0.231 e. The summed E-state index contributed by atoms with van der Waals surface area (Å²) in [6, 6.07) is 13.0. The number of quaternary nitrogens is 1. The van der Waals surface area contributed by atoms with Crippen LogP contribution in [-0.4, -0.2) is 43.6 Å². The summed E-state index contributed by atoms with van der Waals surface area (Å²) in [7, 11) is 6.32. The van der Waals surface area contributed by atoms with Crippen molar-refractivity contribution in [3.05, 3.63) is 53.2 Å². The standard InChI is InChI=1S/C22H25N2O3.HI/c1-14-11-15-7-5-6-8-17(15)23(14)22-19-16(9-10-24(22,2)3)12-18-20(21(19)25-4)27-13-26-18;/h5-8,11-12,22H,9-10,13H2,1-4H3;1H/q+1;/p-1. The number of rotatable bonds is 2. The van der Waals surface area contributed by atoms with Gasteiger partial charge in [-0.2, -0.15) is 0 Å². The average Bonchev–Trinajstić information content (AvgIpc) is 3.23. The molecule has 2 aliphatic heterocycles. The first kappa shape index (κ1) is 19.4. The van der Waals surface area contributed by atoms with Gasteiger partial charge in [-0.3, -0.25) is 4.57 Å². The predicted octanol–water partition coefficient (Wildman–Crippen LogP) is 0.870. The lowest BCUT2D eigenvalue weighted by Crippen LogP contribution is -3.00. The number of nitrogens with zero attached hydrogens (tertiary/aromatic N) is 2. The molecule has 0 fully saturated rings. The van der Waals surface area contributed by atoms with Crippen molar-refractivity contribution in [2.45, 2.75) is 19.5 Å². The fourth-order valence-electron chi connectivity index (χ4n) is 4.73. The van der Waals surface area contributed by atoms with E-state index in [4.69, 9.17) is 14.2 Å². The number of para-hydroxylation sites is 1. The fraction of sp³-hybridized carbons (Fsp3) is 0.364. The predicted molar refractivity (Wildman–Crippen MR) is 105 cm³/mol. The second-order valence-electron chi connectivity index (χ2n) is 8.06. The number of fused-ring (bicyclic) bond motifs is 3. The second kappa shape index (κ2) is 6.84. The van der Waals surface area contributed by atoms with E-state index in [1.54, 1.807) is 7.11 Å². The molecule has 2 aliphatic rings. The van der Waals surface area contributed by atoms with Gasteiger partial charge in [-0.25, -0.2) is 0 Å². The minimum atomic E-state index is 0. The Morgan fingerprint density at radius 1 is 1.14 bits per heavy atom. The fourth-order valence-corrected chi connectivity index (χ4v) is 4.73. The Morgan fingerprint density at radius 2 is 1.93 bits per heavy atom. The molecule has 0 saturated carbocycles. The van der Waals surface area contributed by atoms with Gasteiger partial charge < -0.3 is 42.7 Å². The molecule has 1 unspecified atom stereocenters. The van der Waals surface area contributed by atoms with Crippen molar-refractivity contribution in [1.29, 1.82) is 0 Å². The van der Waals surface area contributed by atoms with E-state index in [9.17, 15) is 0 Å².